The number of ether oxygens (including phenoxy) is 3. The fourth-order valence-corrected chi connectivity index (χ4v) is 2.58. The molecule has 1 saturated heterocycles. The zero-order chi connectivity index (χ0) is 18.4. The van der Waals surface area contributed by atoms with Crippen LogP contribution in [0.25, 0.3) is 0 Å². The number of methoxy groups -OCH3 is 2. The van der Waals surface area contributed by atoms with Crippen LogP contribution in [-0.4, -0.2) is 56.5 Å². The number of nitrogens with zero attached hydrogens (tertiary/aromatic N) is 3. The van der Waals surface area contributed by atoms with E-state index in [0.29, 0.717) is 42.0 Å². The molecular weight excluding hydrogens is 338 g/mol. The van der Waals surface area contributed by atoms with Crippen molar-refractivity contribution in [2.45, 2.75) is 0 Å². The van der Waals surface area contributed by atoms with Gasteiger partial charge in [-0.15, -0.1) is 0 Å². The maximum atomic E-state index is 12.2. The standard InChI is InChI=1S/C17H21N5O4/c1-24-14-5-3-4-13(15(14)25-2)21-17(23)20-12-10-18-16(19-11-12)22-6-8-26-9-7-22/h3-5,10-11H,6-9H2,1-2H3,(H2,20,21,23). The van der Waals surface area contributed by atoms with Crippen LogP contribution in [0.15, 0.2) is 30.6 Å². The SMILES string of the molecule is COc1cccc(NC(=O)Nc2cnc(N3CCOCC3)nc2)c1OC. The minimum atomic E-state index is -0.431. The Balaban J connectivity index is 1.63. The van der Waals surface area contributed by atoms with E-state index in [1.807, 2.05) is 4.90 Å². The van der Waals surface area contributed by atoms with E-state index >= 15 is 0 Å². The summed E-state index contributed by atoms with van der Waals surface area (Å²) < 4.78 is 15.8. The second-order valence-electron chi connectivity index (χ2n) is 5.49. The number of amides is 2. The average Bonchev–Trinajstić information content (AvgIpc) is 2.69. The fourth-order valence-electron chi connectivity index (χ4n) is 2.58. The summed E-state index contributed by atoms with van der Waals surface area (Å²) in [5, 5.41) is 5.42. The third-order valence-corrected chi connectivity index (χ3v) is 3.84. The van der Waals surface area contributed by atoms with Crippen molar-refractivity contribution in [3.8, 4) is 11.5 Å². The molecule has 26 heavy (non-hydrogen) atoms. The van der Waals surface area contributed by atoms with Gasteiger partial charge in [0.25, 0.3) is 0 Å². The largest absolute Gasteiger partial charge is 0.493 e. The smallest absolute Gasteiger partial charge is 0.323 e. The molecule has 0 atom stereocenters. The number of anilines is 3. The van der Waals surface area contributed by atoms with E-state index in [2.05, 4.69) is 20.6 Å². The van der Waals surface area contributed by atoms with Gasteiger partial charge in [0.15, 0.2) is 11.5 Å². The van der Waals surface area contributed by atoms with Gasteiger partial charge in [-0.3, -0.25) is 0 Å². The molecule has 2 amide bonds. The van der Waals surface area contributed by atoms with Crippen LogP contribution in [0.4, 0.5) is 22.1 Å². The Morgan fingerprint density at radius 3 is 2.50 bits per heavy atom. The number of rotatable bonds is 5. The second-order valence-corrected chi connectivity index (χ2v) is 5.49. The number of urea groups is 1. The highest BCUT2D eigenvalue weighted by Crippen LogP contribution is 2.34. The maximum Gasteiger partial charge on any atom is 0.323 e. The first kappa shape index (κ1) is 17.7. The Bertz CT molecular complexity index is 747. The zero-order valence-corrected chi connectivity index (χ0v) is 14.7. The number of benzene rings is 1. The molecule has 0 saturated carbocycles. The number of hydrogen-bond donors (Lipinski definition) is 2. The monoisotopic (exact) mass is 359 g/mol. The van der Waals surface area contributed by atoms with E-state index in [4.69, 9.17) is 14.2 Å². The Morgan fingerprint density at radius 2 is 1.85 bits per heavy atom. The van der Waals surface area contributed by atoms with Gasteiger partial charge in [-0.25, -0.2) is 14.8 Å². The van der Waals surface area contributed by atoms with Crippen molar-refractivity contribution in [3.63, 3.8) is 0 Å². The number of para-hydroxylation sites is 1. The van der Waals surface area contributed by atoms with Gasteiger partial charge in [0.2, 0.25) is 5.95 Å². The van der Waals surface area contributed by atoms with Crippen LogP contribution in [0, 0.1) is 0 Å². The number of aromatic nitrogens is 2. The summed E-state index contributed by atoms with van der Waals surface area (Å²) in [6.07, 6.45) is 3.14. The third-order valence-electron chi connectivity index (χ3n) is 3.84. The zero-order valence-electron chi connectivity index (χ0n) is 14.7. The number of carbonyl (C=O) groups is 1. The Labute approximate surface area is 151 Å². The third kappa shape index (κ3) is 4.12. The number of hydrogen-bond acceptors (Lipinski definition) is 7. The van der Waals surface area contributed by atoms with Crippen LogP contribution in [0.5, 0.6) is 11.5 Å². The normalized spacial score (nSPS) is 13.8. The van der Waals surface area contributed by atoms with Gasteiger partial charge in [-0.1, -0.05) is 6.07 Å². The van der Waals surface area contributed by atoms with Crippen molar-refractivity contribution in [2.75, 3.05) is 56.1 Å². The molecule has 3 rings (SSSR count). The summed E-state index contributed by atoms with van der Waals surface area (Å²) in [7, 11) is 3.05. The maximum absolute atomic E-state index is 12.2. The van der Waals surface area contributed by atoms with Crippen LogP contribution < -0.4 is 25.0 Å². The van der Waals surface area contributed by atoms with Crippen LogP contribution in [-0.2, 0) is 4.74 Å². The molecule has 1 aromatic heterocycles. The topological polar surface area (TPSA) is 97.8 Å². The molecule has 1 aliphatic heterocycles. The van der Waals surface area contributed by atoms with Crippen LogP contribution in [0.1, 0.15) is 0 Å². The first-order chi connectivity index (χ1) is 12.7. The molecule has 1 aromatic carbocycles. The predicted molar refractivity (Wildman–Crippen MR) is 97.3 cm³/mol. The number of carbonyl (C=O) groups excluding carboxylic acids is 1. The summed E-state index contributed by atoms with van der Waals surface area (Å²) in [5.41, 5.74) is 0.983. The summed E-state index contributed by atoms with van der Waals surface area (Å²) in [6, 6.07) is 4.80. The molecule has 2 N–H and O–H groups in total. The Hall–Kier alpha value is -3.07. The van der Waals surface area contributed by atoms with Crippen molar-refractivity contribution >= 4 is 23.4 Å². The Kier molecular flexibility index (Phi) is 5.69. The minimum absolute atomic E-state index is 0.431. The summed E-state index contributed by atoms with van der Waals surface area (Å²) >= 11 is 0. The van der Waals surface area contributed by atoms with Crippen molar-refractivity contribution in [1.29, 1.82) is 0 Å². The van der Waals surface area contributed by atoms with Gasteiger partial charge in [-0.2, -0.15) is 0 Å². The van der Waals surface area contributed by atoms with E-state index in [1.165, 1.54) is 14.2 Å². The molecule has 1 aliphatic rings. The van der Waals surface area contributed by atoms with Crippen LogP contribution >= 0.6 is 0 Å². The molecule has 9 heteroatoms. The van der Waals surface area contributed by atoms with Gasteiger partial charge in [0.1, 0.15) is 0 Å². The lowest BCUT2D eigenvalue weighted by molar-refractivity contribution is 0.122. The molecule has 0 aliphatic carbocycles. The molecule has 1 fully saturated rings. The van der Waals surface area contributed by atoms with Crippen molar-refractivity contribution < 1.29 is 19.0 Å². The quantitative estimate of drug-likeness (QED) is 0.842. The summed E-state index contributed by atoms with van der Waals surface area (Å²) in [4.78, 5) is 22.9. The van der Waals surface area contributed by atoms with E-state index in [9.17, 15) is 4.79 Å². The highest BCUT2D eigenvalue weighted by molar-refractivity contribution is 6.00. The lowest BCUT2D eigenvalue weighted by Gasteiger charge is -2.26. The highest BCUT2D eigenvalue weighted by atomic mass is 16.5. The van der Waals surface area contributed by atoms with Crippen molar-refractivity contribution in [3.05, 3.63) is 30.6 Å². The molecule has 0 bridgehead atoms. The van der Waals surface area contributed by atoms with E-state index in [1.54, 1.807) is 30.6 Å². The first-order valence-electron chi connectivity index (χ1n) is 8.15. The fraction of sp³-hybridized carbons (Fsp3) is 0.353. The minimum Gasteiger partial charge on any atom is -0.493 e. The van der Waals surface area contributed by atoms with E-state index in [0.717, 1.165) is 13.1 Å². The molecule has 2 aromatic rings. The molecule has 138 valence electrons. The van der Waals surface area contributed by atoms with Crippen molar-refractivity contribution in [2.24, 2.45) is 0 Å². The summed E-state index contributed by atoms with van der Waals surface area (Å²) in [5.74, 6) is 1.60. The summed E-state index contributed by atoms with van der Waals surface area (Å²) in [6.45, 7) is 2.83. The first-order valence-corrected chi connectivity index (χ1v) is 8.15. The van der Waals surface area contributed by atoms with E-state index in [-0.39, 0.29) is 0 Å². The van der Waals surface area contributed by atoms with Gasteiger partial charge in [0.05, 0.1) is 51.2 Å². The molecule has 0 radical (unpaired) electrons. The predicted octanol–water partition coefficient (Wildman–Crippen LogP) is 1.97. The van der Waals surface area contributed by atoms with Gasteiger partial charge in [-0.05, 0) is 12.1 Å². The molecule has 9 nitrogen and oxygen atoms in total. The Morgan fingerprint density at radius 1 is 1.12 bits per heavy atom. The van der Waals surface area contributed by atoms with Gasteiger partial charge < -0.3 is 29.7 Å². The molecule has 0 spiro atoms. The molecular formula is C17H21N5O4. The van der Waals surface area contributed by atoms with Crippen LogP contribution in [0.2, 0.25) is 0 Å². The molecule has 2 heterocycles. The molecule has 0 unspecified atom stereocenters. The van der Waals surface area contributed by atoms with Crippen molar-refractivity contribution in [1.82, 2.24) is 9.97 Å². The average molecular weight is 359 g/mol. The van der Waals surface area contributed by atoms with Crippen LogP contribution in [0.3, 0.4) is 0 Å². The van der Waals surface area contributed by atoms with E-state index < -0.39 is 6.03 Å². The van der Waals surface area contributed by atoms with Gasteiger partial charge in [0, 0.05) is 13.1 Å². The lowest BCUT2D eigenvalue weighted by Crippen LogP contribution is -2.37. The lowest BCUT2D eigenvalue weighted by atomic mass is 10.2. The number of morpholine rings is 1. The highest BCUT2D eigenvalue weighted by Gasteiger charge is 2.15. The number of nitrogens with one attached hydrogen (secondary N) is 2. The van der Waals surface area contributed by atoms with Gasteiger partial charge >= 0.3 is 6.03 Å². The second kappa shape index (κ2) is 8.34.